The van der Waals surface area contributed by atoms with Crippen LogP contribution in [0.1, 0.15) is 361 Å². The van der Waals surface area contributed by atoms with Gasteiger partial charge in [0.05, 0.1) is 27.7 Å². The van der Waals surface area contributed by atoms with Gasteiger partial charge in [-0.15, -0.1) is 0 Å². The van der Waals surface area contributed by atoms with Gasteiger partial charge in [0.1, 0.15) is 19.8 Å². The van der Waals surface area contributed by atoms with E-state index in [1.54, 1.807) is 0 Å². The summed E-state index contributed by atoms with van der Waals surface area (Å²) in [5, 5.41) is 0. The lowest BCUT2D eigenvalue weighted by atomic mass is 10.0. The number of rotatable bonds is 74. The van der Waals surface area contributed by atoms with E-state index in [0.29, 0.717) is 17.4 Å². The lowest BCUT2D eigenvalue weighted by Crippen LogP contribution is -2.37. The Hall–Kier alpha value is -3.59. The summed E-state index contributed by atoms with van der Waals surface area (Å²) in [5.74, 6) is -0.793. The summed E-state index contributed by atoms with van der Waals surface area (Å²) in [6, 6.07) is 0. The number of carbonyl (C=O) groups is 2. The molecule has 0 rings (SSSR count). The molecular weight excluding hydrogens is 1210 g/mol. The van der Waals surface area contributed by atoms with E-state index >= 15 is 0 Å². The van der Waals surface area contributed by atoms with Gasteiger partial charge in [-0.25, -0.2) is 4.57 Å². The highest BCUT2D eigenvalue weighted by Gasteiger charge is 2.27. The summed E-state index contributed by atoms with van der Waals surface area (Å²) in [7, 11) is 1.48. The Morgan fingerprint density at radius 2 is 0.594 bits per heavy atom. The fourth-order valence-electron chi connectivity index (χ4n) is 11.4. The second kappa shape index (κ2) is 75.6. The Bertz CT molecular complexity index is 2040. The maximum Gasteiger partial charge on any atom is 0.472 e. The van der Waals surface area contributed by atoms with E-state index in [2.05, 4.69) is 135 Å². The van der Waals surface area contributed by atoms with Crippen LogP contribution in [0.2, 0.25) is 0 Å². The van der Waals surface area contributed by atoms with Gasteiger partial charge >= 0.3 is 19.8 Å². The third-order valence-electron chi connectivity index (χ3n) is 17.5. The summed E-state index contributed by atoms with van der Waals surface area (Å²) in [6.45, 7) is 4.34. The van der Waals surface area contributed by atoms with Crippen molar-refractivity contribution in [3.8, 4) is 0 Å². The van der Waals surface area contributed by atoms with E-state index in [9.17, 15) is 19.0 Å². The van der Waals surface area contributed by atoms with Gasteiger partial charge < -0.3 is 18.9 Å². The number of quaternary nitrogens is 1. The van der Waals surface area contributed by atoms with Gasteiger partial charge in [-0.05, 0) is 109 Å². The minimum atomic E-state index is -4.40. The summed E-state index contributed by atoms with van der Waals surface area (Å²) < 4.78 is 34.8. The number of unbranched alkanes of at least 4 members (excludes halogenated alkanes) is 40. The van der Waals surface area contributed by atoms with E-state index < -0.39 is 26.5 Å². The van der Waals surface area contributed by atoms with Crippen LogP contribution in [0.5, 0.6) is 0 Å². The monoisotopic (exact) mass is 1360 g/mol. The first kappa shape index (κ1) is 92.4. The van der Waals surface area contributed by atoms with Gasteiger partial charge in [0.2, 0.25) is 0 Å². The van der Waals surface area contributed by atoms with Crippen LogP contribution < -0.4 is 0 Å². The van der Waals surface area contributed by atoms with Crippen molar-refractivity contribution in [1.29, 1.82) is 0 Å². The molecule has 0 aliphatic heterocycles. The summed E-state index contributed by atoms with van der Waals surface area (Å²) in [4.78, 5) is 36.0. The summed E-state index contributed by atoms with van der Waals surface area (Å²) in [5.41, 5.74) is 0. The van der Waals surface area contributed by atoms with E-state index in [0.717, 1.165) is 103 Å². The topological polar surface area (TPSA) is 108 Å². The fraction of sp³-hybridized carbons (Fsp3) is 0.744. The zero-order chi connectivity index (χ0) is 69.7. The molecule has 96 heavy (non-hydrogen) atoms. The zero-order valence-corrected chi connectivity index (χ0v) is 64.2. The van der Waals surface area contributed by atoms with Crippen molar-refractivity contribution in [3.05, 3.63) is 122 Å². The Labute approximate surface area is 594 Å². The molecule has 0 aromatic rings. The number of carbonyl (C=O) groups excluding carboxylic acids is 2. The minimum Gasteiger partial charge on any atom is -0.462 e. The summed E-state index contributed by atoms with van der Waals surface area (Å²) >= 11 is 0. The highest BCUT2D eigenvalue weighted by Crippen LogP contribution is 2.43. The lowest BCUT2D eigenvalue weighted by molar-refractivity contribution is -0.870. The van der Waals surface area contributed by atoms with Gasteiger partial charge in [-0.1, -0.05) is 360 Å². The van der Waals surface area contributed by atoms with Crippen molar-refractivity contribution in [1.82, 2.24) is 0 Å². The second-order valence-electron chi connectivity index (χ2n) is 28.1. The molecule has 0 fully saturated rings. The number of phosphoric ester groups is 1. The number of likely N-dealkylation sites (N-methyl/N-ethyl adjacent to an activating group) is 1. The molecule has 0 aromatic heterocycles. The van der Waals surface area contributed by atoms with Crippen LogP contribution in [0.15, 0.2) is 122 Å². The van der Waals surface area contributed by atoms with Crippen LogP contribution >= 0.6 is 7.82 Å². The van der Waals surface area contributed by atoms with E-state index in [1.807, 2.05) is 21.1 Å². The molecule has 0 radical (unpaired) electrons. The molecule has 0 amide bonds. The van der Waals surface area contributed by atoms with Crippen molar-refractivity contribution in [2.45, 2.75) is 367 Å². The highest BCUT2D eigenvalue weighted by molar-refractivity contribution is 7.47. The molecule has 0 heterocycles. The molecule has 0 aliphatic carbocycles. The molecule has 0 bridgehead atoms. The molecule has 0 saturated heterocycles. The first-order valence-electron chi connectivity index (χ1n) is 40.3. The number of hydrogen-bond donors (Lipinski definition) is 1. The number of hydrogen-bond acceptors (Lipinski definition) is 7. The van der Waals surface area contributed by atoms with Crippen molar-refractivity contribution in [2.75, 3.05) is 47.5 Å². The number of allylic oxidation sites excluding steroid dienone is 20. The van der Waals surface area contributed by atoms with Crippen molar-refractivity contribution in [3.63, 3.8) is 0 Å². The molecule has 2 atom stereocenters. The molecule has 9 nitrogen and oxygen atoms in total. The normalized spacial score (nSPS) is 13.7. The average Bonchev–Trinajstić information content (AvgIpc) is 2.74. The smallest absolute Gasteiger partial charge is 0.462 e. The van der Waals surface area contributed by atoms with Crippen LogP contribution in [0.4, 0.5) is 0 Å². The Balaban J connectivity index is 3.98. The van der Waals surface area contributed by atoms with Crippen molar-refractivity contribution in [2.24, 2.45) is 0 Å². The number of nitrogens with zero attached hydrogens (tertiary/aromatic N) is 1. The molecule has 0 aromatic carbocycles. The average molecular weight is 1360 g/mol. The maximum atomic E-state index is 12.9. The van der Waals surface area contributed by atoms with Gasteiger partial charge in [-0.2, -0.15) is 0 Å². The molecule has 10 heteroatoms. The molecule has 2 unspecified atom stereocenters. The first-order chi connectivity index (χ1) is 47.0. The molecule has 0 saturated carbocycles. The number of esters is 2. The zero-order valence-electron chi connectivity index (χ0n) is 63.3. The van der Waals surface area contributed by atoms with E-state index in [-0.39, 0.29) is 32.0 Å². The SMILES string of the molecule is CC/C=C\C/C=C\C/C=C\C/C=C\C/C=C\C/C=C\C/C=C\C/C=C\CCCCCCCCCCCCC(=O)OC(COC(=O)CCCCCCCCCCCCCCCCCCCCCCCCCCC/C=C\C/C=C\CCCCCCC)COP(=O)(O)OCC[N+](C)(C)C. The van der Waals surface area contributed by atoms with Gasteiger partial charge in [0.15, 0.2) is 6.10 Å². The Morgan fingerprint density at radius 3 is 0.885 bits per heavy atom. The molecule has 0 aliphatic rings. The van der Waals surface area contributed by atoms with Crippen LogP contribution in [-0.2, 0) is 32.7 Å². The quantitative estimate of drug-likeness (QED) is 0.0211. The van der Waals surface area contributed by atoms with Crippen LogP contribution in [0, 0.1) is 0 Å². The molecule has 554 valence electrons. The second-order valence-corrected chi connectivity index (χ2v) is 29.5. The van der Waals surface area contributed by atoms with Crippen molar-refractivity contribution < 1.29 is 42.1 Å². The maximum absolute atomic E-state index is 12.9. The fourth-order valence-corrected chi connectivity index (χ4v) is 12.1. The van der Waals surface area contributed by atoms with Gasteiger partial charge in [-0.3, -0.25) is 18.6 Å². The minimum absolute atomic E-state index is 0.0276. The van der Waals surface area contributed by atoms with Crippen molar-refractivity contribution >= 4 is 19.8 Å². The third kappa shape index (κ3) is 79.4. The predicted molar refractivity (Wildman–Crippen MR) is 418 cm³/mol. The van der Waals surface area contributed by atoms with Gasteiger partial charge in [0.25, 0.3) is 0 Å². The van der Waals surface area contributed by atoms with Crippen LogP contribution in [-0.4, -0.2) is 74.9 Å². The van der Waals surface area contributed by atoms with Crippen LogP contribution in [0.3, 0.4) is 0 Å². The molecule has 0 spiro atoms. The highest BCUT2D eigenvalue weighted by atomic mass is 31.2. The Morgan fingerprint density at radius 1 is 0.333 bits per heavy atom. The molecular formula is C86H153NO8P+. The summed E-state index contributed by atoms with van der Waals surface area (Å²) in [6.07, 6.45) is 109. The number of phosphoric acid groups is 1. The first-order valence-corrected chi connectivity index (χ1v) is 41.8. The third-order valence-corrected chi connectivity index (χ3v) is 18.5. The van der Waals surface area contributed by atoms with E-state index in [1.165, 1.54) is 225 Å². The standard InChI is InChI=1S/C86H152NO8P/c1-6-8-10-12-14-16-18-20-22-24-26-28-30-32-34-36-38-40-42-43-45-46-48-50-52-54-56-58-60-62-64-66-68-70-72-74-76-78-85(88)92-82-84(83-94-96(90,91)93-81-80-87(3,4)5)95-86(89)79-77-75-73-71-69-67-65-63-61-59-57-55-53-51-49-47-44-41-39-37-35-33-31-29-27-25-23-21-19-17-15-13-11-9-7-2/h9,11,15,17-18,20-21,23-24,26-27,29,33,35,39,41,47,49,53,55,84H,6-8,10,12-14,16,19,22,25,28,30-32,34,36-38,40,42-46,48,50-52,54,56-83H2,1-5H3/p+1/b11-9-,17-15-,20-18-,23-21-,26-24-,29-27-,35-33-,41-39-,49-47-,55-53-. The largest absolute Gasteiger partial charge is 0.472 e. The predicted octanol–water partition coefficient (Wildman–Crippen LogP) is 26.9. The Kier molecular flexibility index (Phi) is 72.8. The molecule has 1 N–H and O–H groups in total. The number of ether oxygens (including phenoxy) is 2. The lowest BCUT2D eigenvalue weighted by Gasteiger charge is -2.24. The van der Waals surface area contributed by atoms with Crippen LogP contribution in [0.25, 0.3) is 0 Å². The van der Waals surface area contributed by atoms with E-state index in [4.69, 9.17) is 18.5 Å². The van der Waals surface area contributed by atoms with Gasteiger partial charge in [0, 0.05) is 12.8 Å².